The summed E-state index contributed by atoms with van der Waals surface area (Å²) in [6.45, 7) is 1.79. The second-order valence-corrected chi connectivity index (χ2v) is 6.80. The second-order valence-electron chi connectivity index (χ2n) is 6.39. The van der Waals surface area contributed by atoms with Crippen LogP contribution in [-0.4, -0.2) is 24.0 Å². The van der Waals surface area contributed by atoms with Crippen molar-refractivity contribution in [3.63, 3.8) is 0 Å². The molecular weight excluding hydrogens is 364 g/mol. The fourth-order valence-corrected chi connectivity index (χ4v) is 3.90. The quantitative estimate of drug-likeness (QED) is 0.656. The van der Waals surface area contributed by atoms with Gasteiger partial charge in [0, 0.05) is 27.5 Å². The Kier molecular flexibility index (Phi) is 4.24. The number of nitrogens with one attached hydrogen (secondary N) is 2. The number of amides is 1. The molecule has 2 heterocycles. The highest BCUT2D eigenvalue weighted by Gasteiger charge is 2.38. The van der Waals surface area contributed by atoms with Gasteiger partial charge in [-0.2, -0.15) is 0 Å². The fourth-order valence-electron chi connectivity index (χ4n) is 3.67. The summed E-state index contributed by atoms with van der Waals surface area (Å²) < 4.78 is 5.00. The van der Waals surface area contributed by atoms with Crippen LogP contribution in [0.15, 0.2) is 48.5 Å². The lowest BCUT2D eigenvalue weighted by atomic mass is 9.87. The van der Waals surface area contributed by atoms with Crippen molar-refractivity contribution in [3.8, 4) is 11.3 Å². The van der Waals surface area contributed by atoms with Gasteiger partial charge in [-0.1, -0.05) is 48.0 Å². The Bertz CT molecular complexity index is 1070. The third-order valence-corrected chi connectivity index (χ3v) is 5.17. The summed E-state index contributed by atoms with van der Waals surface area (Å²) in [6.07, 6.45) is 0. The number of H-pyrrole nitrogens is 1. The number of ether oxygens (including phenoxy) is 1. The molecule has 27 heavy (non-hydrogen) atoms. The zero-order valence-corrected chi connectivity index (χ0v) is 15.6. The average Bonchev–Trinajstić information content (AvgIpc) is 3.17. The highest BCUT2D eigenvalue weighted by molar-refractivity contribution is 6.33. The molecule has 0 bridgehead atoms. The number of para-hydroxylation sites is 1. The number of halogens is 1. The van der Waals surface area contributed by atoms with Crippen LogP contribution in [0.3, 0.4) is 0 Å². The Balaban J connectivity index is 2.03. The lowest BCUT2D eigenvalue weighted by Crippen LogP contribution is -2.17. The van der Waals surface area contributed by atoms with Crippen molar-refractivity contribution >= 4 is 29.2 Å². The topological polar surface area (TPSA) is 71.2 Å². The fraction of sp³-hybridized carbons (Fsp3) is 0.143. The van der Waals surface area contributed by atoms with E-state index in [-0.39, 0.29) is 5.91 Å². The first-order valence-corrected chi connectivity index (χ1v) is 8.86. The molecule has 5 nitrogen and oxygen atoms in total. The minimum atomic E-state index is -0.633. The Labute approximate surface area is 161 Å². The maximum atomic E-state index is 12.9. The minimum Gasteiger partial charge on any atom is -0.465 e. The molecule has 2 aromatic carbocycles. The lowest BCUT2D eigenvalue weighted by molar-refractivity contribution is -0.116. The van der Waals surface area contributed by atoms with Gasteiger partial charge in [0.2, 0.25) is 5.91 Å². The summed E-state index contributed by atoms with van der Waals surface area (Å²) in [5.74, 6) is -1.31. The van der Waals surface area contributed by atoms with E-state index in [2.05, 4.69) is 10.3 Å². The van der Waals surface area contributed by atoms with E-state index < -0.39 is 11.9 Å². The van der Waals surface area contributed by atoms with Crippen LogP contribution in [-0.2, 0) is 9.53 Å². The monoisotopic (exact) mass is 380 g/mol. The minimum absolute atomic E-state index is 0.186. The summed E-state index contributed by atoms with van der Waals surface area (Å²) in [6, 6.07) is 14.8. The number of carbonyl (C=O) groups excluding carboxylic acids is 2. The van der Waals surface area contributed by atoms with Gasteiger partial charge < -0.3 is 15.0 Å². The number of aryl methyl sites for hydroxylation is 1. The van der Waals surface area contributed by atoms with Gasteiger partial charge >= 0.3 is 5.97 Å². The molecule has 0 radical (unpaired) electrons. The number of hydrogen-bond donors (Lipinski definition) is 2. The number of anilines is 1. The van der Waals surface area contributed by atoms with E-state index in [9.17, 15) is 9.59 Å². The molecule has 136 valence electrons. The van der Waals surface area contributed by atoms with Gasteiger partial charge in [-0.25, -0.2) is 4.79 Å². The van der Waals surface area contributed by atoms with Gasteiger partial charge in [0.25, 0.3) is 0 Å². The van der Waals surface area contributed by atoms with Crippen LogP contribution >= 0.6 is 11.6 Å². The van der Waals surface area contributed by atoms with Crippen molar-refractivity contribution in [1.82, 2.24) is 4.98 Å². The maximum absolute atomic E-state index is 12.9. The summed E-state index contributed by atoms with van der Waals surface area (Å²) in [5.41, 5.74) is 4.51. The van der Waals surface area contributed by atoms with Crippen molar-refractivity contribution in [2.24, 2.45) is 0 Å². The molecule has 1 aliphatic heterocycles. The molecule has 3 aromatic rings. The predicted octanol–water partition coefficient (Wildman–Crippen LogP) is 4.51. The van der Waals surface area contributed by atoms with E-state index in [0.29, 0.717) is 27.5 Å². The van der Waals surface area contributed by atoms with E-state index in [0.717, 1.165) is 16.8 Å². The van der Waals surface area contributed by atoms with Gasteiger partial charge in [-0.3, -0.25) is 4.79 Å². The van der Waals surface area contributed by atoms with Gasteiger partial charge in [0.15, 0.2) is 0 Å². The third-order valence-electron chi connectivity index (χ3n) is 4.84. The second kappa shape index (κ2) is 6.59. The van der Waals surface area contributed by atoms with E-state index in [1.165, 1.54) is 7.11 Å². The lowest BCUT2D eigenvalue weighted by Gasteiger charge is -2.14. The number of hydrogen-bond acceptors (Lipinski definition) is 3. The van der Waals surface area contributed by atoms with Gasteiger partial charge in [-0.05, 0) is 24.6 Å². The van der Waals surface area contributed by atoms with Crippen LogP contribution in [0.25, 0.3) is 11.3 Å². The zero-order valence-electron chi connectivity index (χ0n) is 14.8. The van der Waals surface area contributed by atoms with E-state index in [4.69, 9.17) is 16.3 Å². The van der Waals surface area contributed by atoms with Crippen LogP contribution in [0, 0.1) is 6.92 Å². The number of esters is 1. The van der Waals surface area contributed by atoms with E-state index >= 15 is 0 Å². The smallest absolute Gasteiger partial charge is 0.340 e. The van der Waals surface area contributed by atoms with E-state index in [1.807, 2.05) is 42.5 Å². The first-order chi connectivity index (χ1) is 13.0. The van der Waals surface area contributed by atoms with E-state index in [1.54, 1.807) is 13.0 Å². The summed E-state index contributed by atoms with van der Waals surface area (Å²) in [5, 5.41) is 3.43. The van der Waals surface area contributed by atoms with Crippen LogP contribution in [0.4, 0.5) is 5.69 Å². The first kappa shape index (κ1) is 17.4. The molecule has 1 aliphatic rings. The third kappa shape index (κ3) is 2.71. The number of fused-ring (bicyclic) bond motifs is 1. The molecule has 4 rings (SSSR count). The number of aromatic nitrogens is 1. The molecule has 2 N–H and O–H groups in total. The Morgan fingerprint density at radius 2 is 1.81 bits per heavy atom. The largest absolute Gasteiger partial charge is 0.465 e. The van der Waals surface area contributed by atoms with Crippen molar-refractivity contribution in [3.05, 3.63) is 75.9 Å². The Hall–Kier alpha value is -3.05. The average molecular weight is 381 g/mol. The van der Waals surface area contributed by atoms with Crippen LogP contribution in [0.2, 0.25) is 5.02 Å². The summed E-state index contributed by atoms with van der Waals surface area (Å²) in [7, 11) is 1.33. The van der Waals surface area contributed by atoms with Crippen molar-refractivity contribution in [2.75, 3.05) is 12.4 Å². The molecule has 1 atom stereocenters. The zero-order chi connectivity index (χ0) is 19.1. The summed E-state index contributed by atoms with van der Waals surface area (Å²) in [4.78, 5) is 28.7. The molecule has 1 unspecified atom stereocenters. The van der Waals surface area contributed by atoms with Crippen LogP contribution in [0.1, 0.15) is 33.1 Å². The number of benzene rings is 2. The van der Waals surface area contributed by atoms with Crippen molar-refractivity contribution in [2.45, 2.75) is 12.8 Å². The summed E-state index contributed by atoms with van der Waals surface area (Å²) >= 11 is 6.41. The van der Waals surface area contributed by atoms with Crippen LogP contribution < -0.4 is 5.32 Å². The highest BCUT2D eigenvalue weighted by Crippen LogP contribution is 2.44. The van der Waals surface area contributed by atoms with Gasteiger partial charge in [0.1, 0.15) is 0 Å². The van der Waals surface area contributed by atoms with Crippen molar-refractivity contribution < 1.29 is 14.3 Å². The van der Waals surface area contributed by atoms with Gasteiger partial charge in [-0.15, -0.1) is 0 Å². The molecule has 0 saturated heterocycles. The molecule has 1 amide bonds. The molecule has 1 aromatic heterocycles. The standard InChI is InChI=1S/C21H17ClN2O3/c1-11-16(21(26)27-2)18(19(23-11)12-7-3-5-9-14(12)22)17-13-8-4-6-10-15(13)24-20(17)25/h3-10,17,23H,1-2H3,(H,24,25). The van der Waals surface area contributed by atoms with Crippen LogP contribution in [0.5, 0.6) is 0 Å². The molecule has 0 spiro atoms. The molecule has 0 saturated carbocycles. The highest BCUT2D eigenvalue weighted by atomic mass is 35.5. The molecule has 6 heteroatoms. The predicted molar refractivity (Wildman–Crippen MR) is 104 cm³/mol. The Morgan fingerprint density at radius 1 is 1.11 bits per heavy atom. The maximum Gasteiger partial charge on any atom is 0.340 e. The number of aromatic amines is 1. The van der Waals surface area contributed by atoms with Gasteiger partial charge in [0.05, 0.1) is 24.3 Å². The first-order valence-electron chi connectivity index (χ1n) is 8.48. The Morgan fingerprint density at radius 3 is 2.56 bits per heavy atom. The molecule has 0 aliphatic carbocycles. The normalized spacial score (nSPS) is 15.4. The van der Waals surface area contributed by atoms with Crippen molar-refractivity contribution in [1.29, 1.82) is 0 Å². The molecule has 0 fully saturated rings. The number of methoxy groups -OCH3 is 1. The number of rotatable bonds is 3. The molecular formula is C21H17ClN2O3. The SMILES string of the molecule is COC(=O)c1c(C)[nH]c(-c2ccccc2Cl)c1C1C(=O)Nc2ccccc21. The number of carbonyl (C=O) groups is 2.